The lowest BCUT2D eigenvalue weighted by Crippen LogP contribution is -2.39. The number of rotatable bonds is 3. The zero-order valence-electron chi connectivity index (χ0n) is 11.9. The number of aliphatic hydroxyl groups is 1. The van der Waals surface area contributed by atoms with Gasteiger partial charge in [0.15, 0.2) is 5.13 Å². The monoisotopic (exact) mass is 256 g/mol. The molecule has 2 atom stereocenters. The molecule has 1 rings (SSSR count). The Morgan fingerprint density at radius 2 is 1.82 bits per heavy atom. The van der Waals surface area contributed by atoms with E-state index >= 15 is 0 Å². The molecule has 4 heteroatoms. The first-order valence-electron chi connectivity index (χ1n) is 6.02. The maximum atomic E-state index is 9.65. The lowest BCUT2D eigenvalue weighted by atomic mass is 9.87. The number of hydrogen-bond donors (Lipinski definition) is 1. The molecule has 0 amide bonds. The van der Waals surface area contributed by atoms with Gasteiger partial charge in [-0.3, -0.25) is 0 Å². The van der Waals surface area contributed by atoms with Crippen LogP contribution in [0.3, 0.4) is 0 Å². The van der Waals surface area contributed by atoms with E-state index in [1.165, 1.54) is 0 Å². The number of aryl methyl sites for hydroxylation is 1. The smallest absolute Gasteiger partial charge is 0.185 e. The summed E-state index contributed by atoms with van der Waals surface area (Å²) in [5.74, 6) is 0. The van der Waals surface area contributed by atoms with E-state index in [1.807, 2.05) is 6.92 Å². The summed E-state index contributed by atoms with van der Waals surface area (Å²) >= 11 is 1.58. The van der Waals surface area contributed by atoms with Crippen LogP contribution in [-0.4, -0.2) is 23.2 Å². The van der Waals surface area contributed by atoms with Crippen molar-refractivity contribution in [2.45, 2.75) is 53.7 Å². The second-order valence-corrected chi connectivity index (χ2v) is 6.78. The van der Waals surface area contributed by atoms with Gasteiger partial charge in [-0.15, -0.1) is 0 Å². The molecule has 3 nitrogen and oxygen atoms in total. The van der Waals surface area contributed by atoms with Crippen molar-refractivity contribution in [3.8, 4) is 0 Å². The fraction of sp³-hybridized carbons (Fsp3) is 0.769. The fourth-order valence-corrected chi connectivity index (χ4v) is 2.72. The maximum Gasteiger partial charge on any atom is 0.185 e. The van der Waals surface area contributed by atoms with E-state index in [1.54, 1.807) is 18.3 Å². The van der Waals surface area contributed by atoms with Gasteiger partial charge in [0.25, 0.3) is 0 Å². The van der Waals surface area contributed by atoms with Crippen LogP contribution in [0.1, 0.15) is 51.3 Å². The summed E-state index contributed by atoms with van der Waals surface area (Å²) < 4.78 is 0. The Bertz CT molecular complexity index is 379. The molecule has 1 N–H and O–H groups in total. The molecule has 0 saturated heterocycles. The molecule has 0 saturated carbocycles. The van der Waals surface area contributed by atoms with Crippen LogP contribution in [0, 0.1) is 12.3 Å². The standard InChI is InChI=1S/C13H24N2OS/c1-8-11(9(2)16)17-12(14-8)15(7)10(3)13(4,5)6/h9-10,16H,1-7H3. The predicted octanol–water partition coefficient (Wildman–Crippen LogP) is 3.38. The molecule has 0 aliphatic carbocycles. The third-order valence-corrected chi connectivity index (χ3v) is 4.75. The molecule has 0 aliphatic heterocycles. The van der Waals surface area contributed by atoms with Crippen LogP contribution in [0.5, 0.6) is 0 Å². The second kappa shape index (κ2) is 4.94. The first kappa shape index (κ1) is 14.5. The maximum absolute atomic E-state index is 9.65. The van der Waals surface area contributed by atoms with E-state index in [4.69, 9.17) is 0 Å². The van der Waals surface area contributed by atoms with Crippen LogP contribution >= 0.6 is 11.3 Å². The molecule has 1 aromatic heterocycles. The molecule has 2 unspecified atom stereocenters. The van der Waals surface area contributed by atoms with Gasteiger partial charge in [-0.25, -0.2) is 4.98 Å². The first-order chi connectivity index (χ1) is 7.64. The summed E-state index contributed by atoms with van der Waals surface area (Å²) in [5.41, 5.74) is 1.15. The summed E-state index contributed by atoms with van der Waals surface area (Å²) in [7, 11) is 2.07. The number of hydrogen-bond acceptors (Lipinski definition) is 4. The number of anilines is 1. The van der Waals surface area contributed by atoms with Crippen molar-refractivity contribution in [1.82, 2.24) is 4.98 Å². The molecule has 0 aromatic carbocycles. The third kappa shape index (κ3) is 3.19. The molecule has 0 fully saturated rings. The molecule has 0 aliphatic rings. The van der Waals surface area contributed by atoms with Crippen molar-refractivity contribution in [1.29, 1.82) is 0 Å². The first-order valence-corrected chi connectivity index (χ1v) is 6.84. The van der Waals surface area contributed by atoms with Gasteiger partial charge in [-0.05, 0) is 26.2 Å². The van der Waals surface area contributed by atoms with Crippen molar-refractivity contribution in [2.24, 2.45) is 5.41 Å². The Labute approximate surface area is 108 Å². The highest BCUT2D eigenvalue weighted by Crippen LogP contribution is 2.33. The van der Waals surface area contributed by atoms with E-state index in [-0.39, 0.29) is 5.41 Å². The zero-order valence-corrected chi connectivity index (χ0v) is 12.7. The van der Waals surface area contributed by atoms with Gasteiger partial charge in [-0.1, -0.05) is 32.1 Å². The molecule has 0 bridgehead atoms. The van der Waals surface area contributed by atoms with Crippen LogP contribution in [-0.2, 0) is 0 Å². The Hall–Kier alpha value is -0.610. The molecule has 17 heavy (non-hydrogen) atoms. The van der Waals surface area contributed by atoms with Gasteiger partial charge in [0, 0.05) is 13.1 Å². The SMILES string of the molecule is Cc1nc(N(C)C(C)C(C)(C)C)sc1C(C)O. The summed E-state index contributed by atoms with van der Waals surface area (Å²) in [6.45, 7) is 12.6. The summed E-state index contributed by atoms with van der Waals surface area (Å²) in [6, 6.07) is 0.398. The Morgan fingerprint density at radius 1 is 1.29 bits per heavy atom. The van der Waals surface area contributed by atoms with Crippen LogP contribution in [0.15, 0.2) is 0 Å². The lowest BCUT2D eigenvalue weighted by molar-refractivity contribution is 0.202. The van der Waals surface area contributed by atoms with Gasteiger partial charge in [0.1, 0.15) is 0 Å². The number of nitrogens with zero attached hydrogens (tertiary/aromatic N) is 2. The Balaban J connectivity index is 2.98. The van der Waals surface area contributed by atoms with Crippen molar-refractivity contribution in [3.63, 3.8) is 0 Å². The predicted molar refractivity (Wildman–Crippen MR) is 74.8 cm³/mol. The highest BCUT2D eigenvalue weighted by Gasteiger charge is 2.26. The molecule has 0 radical (unpaired) electrons. The van der Waals surface area contributed by atoms with E-state index in [2.05, 4.69) is 44.6 Å². The van der Waals surface area contributed by atoms with Crippen LogP contribution < -0.4 is 4.90 Å². The fourth-order valence-electron chi connectivity index (χ4n) is 1.68. The highest BCUT2D eigenvalue weighted by molar-refractivity contribution is 7.15. The van der Waals surface area contributed by atoms with Gasteiger partial charge in [0.05, 0.1) is 16.7 Å². The average Bonchev–Trinajstić information content (AvgIpc) is 2.56. The van der Waals surface area contributed by atoms with Crippen LogP contribution in [0.4, 0.5) is 5.13 Å². The Kier molecular flexibility index (Phi) is 4.20. The topological polar surface area (TPSA) is 36.4 Å². The molecular weight excluding hydrogens is 232 g/mol. The number of aromatic nitrogens is 1. The van der Waals surface area contributed by atoms with Crippen molar-refractivity contribution < 1.29 is 5.11 Å². The minimum Gasteiger partial charge on any atom is -0.388 e. The summed E-state index contributed by atoms with van der Waals surface area (Å²) in [6.07, 6.45) is -0.431. The molecule has 1 aromatic rings. The summed E-state index contributed by atoms with van der Waals surface area (Å²) in [4.78, 5) is 7.71. The number of aliphatic hydroxyl groups excluding tert-OH is 1. The molecule has 1 heterocycles. The van der Waals surface area contributed by atoms with E-state index in [0.717, 1.165) is 15.7 Å². The van der Waals surface area contributed by atoms with E-state index in [0.29, 0.717) is 6.04 Å². The second-order valence-electron chi connectivity index (χ2n) is 5.77. The molecule has 0 spiro atoms. The van der Waals surface area contributed by atoms with Gasteiger partial charge in [0.2, 0.25) is 0 Å². The van der Waals surface area contributed by atoms with Crippen molar-refractivity contribution in [3.05, 3.63) is 10.6 Å². The van der Waals surface area contributed by atoms with Crippen molar-refractivity contribution in [2.75, 3.05) is 11.9 Å². The molecule has 98 valence electrons. The quantitative estimate of drug-likeness (QED) is 0.900. The summed E-state index contributed by atoms with van der Waals surface area (Å²) in [5, 5.41) is 10.6. The zero-order chi connectivity index (χ0) is 13.4. The highest BCUT2D eigenvalue weighted by atomic mass is 32.1. The van der Waals surface area contributed by atoms with E-state index < -0.39 is 6.10 Å². The van der Waals surface area contributed by atoms with Gasteiger partial charge >= 0.3 is 0 Å². The van der Waals surface area contributed by atoms with Crippen molar-refractivity contribution >= 4 is 16.5 Å². The minimum atomic E-state index is -0.431. The van der Waals surface area contributed by atoms with E-state index in [9.17, 15) is 5.11 Å². The number of thiazole rings is 1. The largest absolute Gasteiger partial charge is 0.388 e. The average molecular weight is 256 g/mol. The third-order valence-electron chi connectivity index (χ3n) is 3.34. The molecular formula is C13H24N2OS. The van der Waals surface area contributed by atoms with Crippen LogP contribution in [0.2, 0.25) is 0 Å². The van der Waals surface area contributed by atoms with Gasteiger partial charge < -0.3 is 10.0 Å². The normalized spacial score (nSPS) is 15.8. The van der Waals surface area contributed by atoms with Crippen LogP contribution in [0.25, 0.3) is 0 Å². The Morgan fingerprint density at radius 3 is 2.18 bits per heavy atom. The minimum absolute atomic E-state index is 0.208. The van der Waals surface area contributed by atoms with Gasteiger partial charge in [-0.2, -0.15) is 0 Å². The lowest BCUT2D eigenvalue weighted by Gasteiger charge is -2.35.